The van der Waals surface area contributed by atoms with Crippen molar-refractivity contribution >= 4 is 0 Å². The van der Waals surface area contributed by atoms with E-state index < -0.39 is 0 Å². The molecule has 0 saturated carbocycles. The van der Waals surface area contributed by atoms with Crippen LogP contribution < -0.4 is 0 Å². The van der Waals surface area contributed by atoms with Crippen molar-refractivity contribution in [2.24, 2.45) is 0 Å². The van der Waals surface area contributed by atoms with Gasteiger partial charge in [0.05, 0.1) is 12.2 Å². The quantitative estimate of drug-likeness (QED) is 0.470. The lowest BCUT2D eigenvalue weighted by molar-refractivity contribution is 0.0167. The van der Waals surface area contributed by atoms with Crippen LogP contribution in [-0.4, -0.2) is 12.2 Å². The van der Waals surface area contributed by atoms with Gasteiger partial charge in [-0.1, -0.05) is 5.57 Å². The zero-order valence-corrected chi connectivity index (χ0v) is 7.27. The van der Waals surface area contributed by atoms with Crippen LogP contribution in [0.25, 0.3) is 0 Å². The standard InChI is InChI=1S/C9H16O/c1-6-5-7(2)10-9(4)8(6)3/h7,9H,5H2,1-4H3/t7-,9+/m0/s1. The van der Waals surface area contributed by atoms with Crippen molar-refractivity contribution in [1.29, 1.82) is 0 Å². The highest BCUT2D eigenvalue weighted by atomic mass is 16.5. The van der Waals surface area contributed by atoms with Gasteiger partial charge in [0.15, 0.2) is 0 Å². The summed E-state index contributed by atoms with van der Waals surface area (Å²) in [5.74, 6) is 0. The van der Waals surface area contributed by atoms with Gasteiger partial charge in [0.2, 0.25) is 0 Å². The lowest BCUT2D eigenvalue weighted by Crippen LogP contribution is -2.24. The first kappa shape index (κ1) is 7.80. The Morgan fingerprint density at radius 2 is 1.90 bits per heavy atom. The Kier molecular flexibility index (Phi) is 2.14. The van der Waals surface area contributed by atoms with Crippen molar-refractivity contribution < 1.29 is 4.74 Å². The maximum Gasteiger partial charge on any atom is 0.0760 e. The third-order valence-corrected chi connectivity index (χ3v) is 2.31. The highest BCUT2D eigenvalue weighted by Gasteiger charge is 2.18. The smallest absolute Gasteiger partial charge is 0.0760 e. The molecular formula is C9H16O. The van der Waals surface area contributed by atoms with Crippen molar-refractivity contribution in [2.75, 3.05) is 0 Å². The van der Waals surface area contributed by atoms with Crippen molar-refractivity contribution in [3.05, 3.63) is 11.1 Å². The first-order chi connectivity index (χ1) is 4.61. The average molecular weight is 140 g/mol. The zero-order chi connectivity index (χ0) is 7.72. The Bertz CT molecular complexity index is 158. The van der Waals surface area contributed by atoms with Crippen LogP contribution in [-0.2, 0) is 4.74 Å². The van der Waals surface area contributed by atoms with E-state index in [-0.39, 0.29) is 0 Å². The van der Waals surface area contributed by atoms with E-state index in [9.17, 15) is 0 Å². The van der Waals surface area contributed by atoms with Crippen molar-refractivity contribution in [1.82, 2.24) is 0 Å². The van der Waals surface area contributed by atoms with Gasteiger partial charge in [-0.15, -0.1) is 0 Å². The summed E-state index contributed by atoms with van der Waals surface area (Å²) in [7, 11) is 0. The molecule has 0 N–H and O–H groups in total. The topological polar surface area (TPSA) is 9.23 Å². The molecule has 0 fully saturated rings. The third kappa shape index (κ3) is 1.40. The van der Waals surface area contributed by atoms with Crippen molar-refractivity contribution in [2.45, 2.75) is 46.3 Å². The van der Waals surface area contributed by atoms with E-state index in [0.717, 1.165) is 6.42 Å². The van der Waals surface area contributed by atoms with E-state index in [1.54, 1.807) is 0 Å². The van der Waals surface area contributed by atoms with Gasteiger partial charge >= 0.3 is 0 Å². The fourth-order valence-corrected chi connectivity index (χ4v) is 1.44. The Labute approximate surface area is 63.1 Å². The van der Waals surface area contributed by atoms with Gasteiger partial charge in [-0.25, -0.2) is 0 Å². The SMILES string of the molecule is CC1=C(C)[C@@H](C)O[C@@H](C)C1. The first-order valence-electron chi connectivity index (χ1n) is 3.93. The van der Waals surface area contributed by atoms with Gasteiger partial charge in [0.1, 0.15) is 0 Å². The molecule has 58 valence electrons. The summed E-state index contributed by atoms with van der Waals surface area (Å²) in [6.07, 6.45) is 1.86. The molecule has 1 rings (SSSR count). The van der Waals surface area contributed by atoms with Crippen LogP contribution in [0.15, 0.2) is 11.1 Å². The molecule has 2 atom stereocenters. The monoisotopic (exact) mass is 140 g/mol. The minimum absolute atomic E-state index is 0.337. The van der Waals surface area contributed by atoms with Crippen molar-refractivity contribution in [3.8, 4) is 0 Å². The van der Waals surface area contributed by atoms with E-state index >= 15 is 0 Å². The molecule has 0 spiro atoms. The highest BCUT2D eigenvalue weighted by Crippen LogP contribution is 2.24. The fourth-order valence-electron chi connectivity index (χ4n) is 1.44. The van der Waals surface area contributed by atoms with Crippen LogP contribution >= 0.6 is 0 Å². The van der Waals surface area contributed by atoms with E-state index in [1.165, 1.54) is 11.1 Å². The summed E-state index contributed by atoms with van der Waals surface area (Å²) in [6, 6.07) is 0. The number of rotatable bonds is 0. The second kappa shape index (κ2) is 2.75. The second-order valence-electron chi connectivity index (χ2n) is 3.26. The molecule has 1 aliphatic heterocycles. The summed E-state index contributed by atoms with van der Waals surface area (Å²) in [5, 5.41) is 0. The maximum atomic E-state index is 5.61. The Morgan fingerprint density at radius 3 is 2.40 bits per heavy atom. The third-order valence-electron chi connectivity index (χ3n) is 2.31. The normalized spacial score (nSPS) is 34.8. The summed E-state index contributed by atoms with van der Waals surface area (Å²) in [5.41, 5.74) is 2.92. The van der Waals surface area contributed by atoms with E-state index in [4.69, 9.17) is 4.74 Å². The maximum absolute atomic E-state index is 5.61. The molecule has 0 aromatic rings. The molecule has 1 nitrogen and oxygen atoms in total. The largest absolute Gasteiger partial charge is 0.371 e. The van der Waals surface area contributed by atoms with Crippen LogP contribution in [0.1, 0.15) is 34.1 Å². The molecule has 0 aliphatic carbocycles. The summed E-state index contributed by atoms with van der Waals surface area (Å²) in [4.78, 5) is 0. The molecule has 0 bridgehead atoms. The molecule has 0 aromatic carbocycles. The van der Waals surface area contributed by atoms with E-state index in [0.29, 0.717) is 12.2 Å². The molecule has 1 heteroatoms. The number of hydrogen-bond donors (Lipinski definition) is 0. The lowest BCUT2D eigenvalue weighted by Gasteiger charge is -2.27. The Hall–Kier alpha value is -0.300. The first-order valence-corrected chi connectivity index (χ1v) is 3.93. The molecule has 1 aliphatic rings. The molecule has 10 heavy (non-hydrogen) atoms. The molecule has 0 amide bonds. The second-order valence-corrected chi connectivity index (χ2v) is 3.26. The summed E-state index contributed by atoms with van der Waals surface area (Å²) < 4.78 is 5.61. The van der Waals surface area contributed by atoms with Gasteiger partial charge in [-0.05, 0) is 39.7 Å². The van der Waals surface area contributed by atoms with Gasteiger partial charge in [0, 0.05) is 0 Å². The molecular weight excluding hydrogens is 124 g/mol. The van der Waals surface area contributed by atoms with E-state index in [1.807, 2.05) is 0 Å². The van der Waals surface area contributed by atoms with Crippen LogP contribution in [0.5, 0.6) is 0 Å². The van der Waals surface area contributed by atoms with Crippen molar-refractivity contribution in [3.63, 3.8) is 0 Å². The molecule has 1 heterocycles. The van der Waals surface area contributed by atoms with Gasteiger partial charge < -0.3 is 4.74 Å². The van der Waals surface area contributed by atoms with E-state index in [2.05, 4.69) is 27.7 Å². The number of ether oxygens (including phenoxy) is 1. The van der Waals surface area contributed by atoms with Crippen LogP contribution in [0, 0.1) is 0 Å². The zero-order valence-electron chi connectivity index (χ0n) is 7.27. The van der Waals surface area contributed by atoms with Crippen LogP contribution in [0.2, 0.25) is 0 Å². The summed E-state index contributed by atoms with van der Waals surface area (Å²) >= 11 is 0. The predicted octanol–water partition coefficient (Wildman–Crippen LogP) is 2.52. The van der Waals surface area contributed by atoms with Crippen LogP contribution in [0.4, 0.5) is 0 Å². The minimum atomic E-state index is 0.337. The van der Waals surface area contributed by atoms with Crippen LogP contribution in [0.3, 0.4) is 0 Å². The Balaban J connectivity index is 2.74. The Morgan fingerprint density at radius 1 is 1.30 bits per heavy atom. The van der Waals surface area contributed by atoms with Gasteiger partial charge in [0.25, 0.3) is 0 Å². The summed E-state index contributed by atoms with van der Waals surface area (Å²) in [6.45, 7) is 8.61. The minimum Gasteiger partial charge on any atom is -0.371 e. The number of hydrogen-bond acceptors (Lipinski definition) is 1. The lowest BCUT2D eigenvalue weighted by atomic mass is 9.98. The molecule has 0 aromatic heterocycles. The highest BCUT2D eigenvalue weighted by molar-refractivity contribution is 5.16. The molecule has 0 unspecified atom stereocenters. The molecule has 0 saturated heterocycles. The predicted molar refractivity (Wildman–Crippen MR) is 43.0 cm³/mol. The van der Waals surface area contributed by atoms with Gasteiger partial charge in [-0.2, -0.15) is 0 Å². The fraction of sp³-hybridized carbons (Fsp3) is 0.778. The van der Waals surface area contributed by atoms with Gasteiger partial charge in [-0.3, -0.25) is 0 Å². The molecule has 0 radical (unpaired) electrons. The average Bonchev–Trinajstić information content (AvgIpc) is 1.82.